The van der Waals surface area contributed by atoms with E-state index < -0.39 is 4.92 Å². The summed E-state index contributed by atoms with van der Waals surface area (Å²) in [6, 6.07) is 0. The van der Waals surface area contributed by atoms with E-state index in [2.05, 4.69) is 9.97 Å². The summed E-state index contributed by atoms with van der Waals surface area (Å²) in [5.41, 5.74) is -0.239. The van der Waals surface area contributed by atoms with Crippen molar-refractivity contribution in [1.29, 1.82) is 0 Å². The average molecular weight is 300 g/mol. The van der Waals surface area contributed by atoms with Crippen LogP contribution in [0.25, 0.3) is 0 Å². The van der Waals surface area contributed by atoms with Crippen molar-refractivity contribution in [1.82, 2.24) is 14.9 Å². The van der Waals surface area contributed by atoms with Crippen LogP contribution in [0, 0.1) is 10.1 Å². The molecule has 0 aromatic carbocycles. The minimum Gasteiger partial charge on any atom is -0.476 e. The fraction of sp³-hybridized carbons (Fsp3) is 0.500. The van der Waals surface area contributed by atoms with Gasteiger partial charge in [-0.15, -0.1) is 0 Å². The summed E-state index contributed by atoms with van der Waals surface area (Å²) >= 11 is 6.40. The first-order valence-corrected chi connectivity index (χ1v) is 6.86. The quantitative estimate of drug-likeness (QED) is 0.275. The van der Waals surface area contributed by atoms with Gasteiger partial charge in [0, 0.05) is 13.1 Å². The lowest BCUT2D eigenvalue weighted by Gasteiger charge is -2.16. The number of aromatic nitrogens is 2. The SMILES string of the molecule is COc1ncnc(SC(=S)N2CCCC2)c1[N+](=O)[O-]. The lowest BCUT2D eigenvalue weighted by molar-refractivity contribution is -0.389. The molecule has 2 rings (SSSR count). The number of likely N-dealkylation sites (tertiary alicyclic amines) is 1. The summed E-state index contributed by atoms with van der Waals surface area (Å²) < 4.78 is 5.49. The third-order valence-corrected chi connectivity index (χ3v) is 4.11. The van der Waals surface area contributed by atoms with E-state index in [0.717, 1.165) is 37.7 Å². The first-order valence-electron chi connectivity index (χ1n) is 5.63. The standard InChI is InChI=1S/C10H12N4O3S2/c1-17-8-7(14(15)16)9(12-6-11-8)19-10(18)13-4-2-3-5-13/h6H,2-5H2,1H3. The summed E-state index contributed by atoms with van der Waals surface area (Å²) in [5.74, 6) is -0.0493. The number of hydrogen-bond acceptors (Lipinski definition) is 7. The van der Waals surface area contributed by atoms with Gasteiger partial charge in [0.15, 0.2) is 5.03 Å². The van der Waals surface area contributed by atoms with E-state index >= 15 is 0 Å². The fourth-order valence-corrected chi connectivity index (χ4v) is 3.03. The Labute approximate surface area is 119 Å². The molecule has 102 valence electrons. The molecule has 1 aromatic rings. The van der Waals surface area contributed by atoms with Gasteiger partial charge < -0.3 is 9.64 Å². The Morgan fingerprint density at radius 2 is 2.21 bits per heavy atom. The molecule has 0 saturated carbocycles. The van der Waals surface area contributed by atoms with Gasteiger partial charge in [-0.2, -0.15) is 4.98 Å². The van der Waals surface area contributed by atoms with Gasteiger partial charge in [0.05, 0.1) is 12.0 Å². The summed E-state index contributed by atoms with van der Waals surface area (Å²) in [4.78, 5) is 20.2. The van der Waals surface area contributed by atoms with Crippen LogP contribution in [0.15, 0.2) is 11.4 Å². The number of ether oxygens (including phenoxy) is 1. The number of rotatable bonds is 3. The minimum atomic E-state index is -0.548. The molecule has 1 aliphatic heterocycles. The van der Waals surface area contributed by atoms with Crippen LogP contribution in [-0.4, -0.2) is 44.3 Å². The van der Waals surface area contributed by atoms with Crippen LogP contribution in [0.3, 0.4) is 0 Å². The molecule has 1 aliphatic rings. The predicted octanol–water partition coefficient (Wildman–Crippen LogP) is 1.87. The molecule has 0 N–H and O–H groups in total. The van der Waals surface area contributed by atoms with E-state index in [-0.39, 0.29) is 16.6 Å². The Bertz CT molecular complexity index is 506. The van der Waals surface area contributed by atoms with Gasteiger partial charge in [0.25, 0.3) is 5.88 Å². The molecule has 0 amide bonds. The zero-order valence-corrected chi connectivity index (χ0v) is 11.9. The molecule has 2 heterocycles. The van der Waals surface area contributed by atoms with Crippen LogP contribution in [0.5, 0.6) is 5.88 Å². The van der Waals surface area contributed by atoms with Crippen molar-refractivity contribution in [2.24, 2.45) is 0 Å². The second-order valence-electron chi connectivity index (χ2n) is 3.86. The van der Waals surface area contributed by atoms with E-state index in [4.69, 9.17) is 17.0 Å². The van der Waals surface area contributed by atoms with Crippen molar-refractivity contribution >= 4 is 34.0 Å². The van der Waals surface area contributed by atoms with Gasteiger partial charge in [-0.05, 0) is 24.6 Å². The molecule has 1 aromatic heterocycles. The Hall–Kier alpha value is -1.48. The van der Waals surface area contributed by atoms with Crippen LogP contribution in [-0.2, 0) is 0 Å². The predicted molar refractivity (Wildman–Crippen MR) is 74.5 cm³/mol. The molecule has 0 aliphatic carbocycles. The molecular weight excluding hydrogens is 288 g/mol. The average Bonchev–Trinajstić information content (AvgIpc) is 2.92. The van der Waals surface area contributed by atoms with Crippen molar-refractivity contribution < 1.29 is 9.66 Å². The zero-order chi connectivity index (χ0) is 13.8. The van der Waals surface area contributed by atoms with Crippen molar-refractivity contribution in [2.75, 3.05) is 20.2 Å². The van der Waals surface area contributed by atoms with Crippen molar-refractivity contribution in [2.45, 2.75) is 17.9 Å². The molecular formula is C10H12N4O3S2. The van der Waals surface area contributed by atoms with Crippen molar-refractivity contribution in [3.8, 4) is 5.88 Å². The largest absolute Gasteiger partial charge is 0.476 e. The second kappa shape index (κ2) is 6.11. The van der Waals surface area contributed by atoms with Crippen LogP contribution >= 0.6 is 24.0 Å². The van der Waals surface area contributed by atoms with Gasteiger partial charge >= 0.3 is 5.69 Å². The van der Waals surface area contributed by atoms with E-state index in [1.165, 1.54) is 13.4 Å². The zero-order valence-electron chi connectivity index (χ0n) is 10.2. The maximum absolute atomic E-state index is 11.1. The molecule has 1 fully saturated rings. The summed E-state index contributed by atoms with van der Waals surface area (Å²) in [5, 5.41) is 11.3. The Morgan fingerprint density at radius 1 is 1.53 bits per heavy atom. The minimum absolute atomic E-state index is 0.0493. The van der Waals surface area contributed by atoms with Crippen molar-refractivity contribution in [3.63, 3.8) is 0 Å². The van der Waals surface area contributed by atoms with Crippen LogP contribution in [0.1, 0.15) is 12.8 Å². The summed E-state index contributed by atoms with van der Waals surface area (Å²) in [7, 11) is 1.34. The monoisotopic (exact) mass is 300 g/mol. The normalized spacial score (nSPS) is 14.5. The number of thiocarbonyl (C=S) groups is 1. The lowest BCUT2D eigenvalue weighted by Crippen LogP contribution is -2.23. The van der Waals surface area contributed by atoms with E-state index in [1.54, 1.807) is 0 Å². The Morgan fingerprint density at radius 3 is 2.79 bits per heavy atom. The number of methoxy groups -OCH3 is 1. The third-order valence-electron chi connectivity index (χ3n) is 2.68. The Balaban J connectivity index is 2.24. The first-order chi connectivity index (χ1) is 9.13. The van der Waals surface area contributed by atoms with Gasteiger partial charge in [0.1, 0.15) is 10.6 Å². The molecule has 7 nitrogen and oxygen atoms in total. The highest BCUT2D eigenvalue weighted by Crippen LogP contribution is 2.35. The second-order valence-corrected chi connectivity index (χ2v) is 5.48. The molecule has 1 saturated heterocycles. The van der Waals surface area contributed by atoms with Crippen molar-refractivity contribution in [3.05, 3.63) is 16.4 Å². The topological polar surface area (TPSA) is 81.4 Å². The van der Waals surface area contributed by atoms with Crippen LogP contribution in [0.4, 0.5) is 5.69 Å². The van der Waals surface area contributed by atoms with Crippen LogP contribution in [0.2, 0.25) is 0 Å². The maximum atomic E-state index is 11.1. The first kappa shape index (κ1) is 13.9. The third kappa shape index (κ3) is 3.10. The molecule has 0 atom stereocenters. The highest BCUT2D eigenvalue weighted by Gasteiger charge is 2.27. The van der Waals surface area contributed by atoms with Gasteiger partial charge in [-0.3, -0.25) is 10.1 Å². The lowest BCUT2D eigenvalue weighted by atomic mass is 10.4. The number of nitro groups is 1. The number of thioether (sulfide) groups is 1. The maximum Gasteiger partial charge on any atom is 0.363 e. The highest BCUT2D eigenvalue weighted by atomic mass is 32.2. The summed E-state index contributed by atoms with van der Waals surface area (Å²) in [6.07, 6.45) is 3.42. The van der Waals surface area contributed by atoms with E-state index in [9.17, 15) is 10.1 Å². The highest BCUT2D eigenvalue weighted by molar-refractivity contribution is 8.22. The van der Waals surface area contributed by atoms with E-state index in [1.807, 2.05) is 4.90 Å². The van der Waals surface area contributed by atoms with E-state index in [0.29, 0.717) is 4.32 Å². The molecule has 9 heteroatoms. The smallest absolute Gasteiger partial charge is 0.363 e. The summed E-state index contributed by atoms with van der Waals surface area (Å²) in [6.45, 7) is 1.78. The van der Waals surface area contributed by atoms with Gasteiger partial charge in [-0.25, -0.2) is 4.98 Å². The van der Waals surface area contributed by atoms with Gasteiger partial charge in [-0.1, -0.05) is 12.2 Å². The molecule has 0 bridgehead atoms. The molecule has 0 unspecified atom stereocenters. The Kier molecular flexibility index (Phi) is 4.48. The molecule has 0 spiro atoms. The number of hydrogen-bond donors (Lipinski definition) is 0. The van der Waals surface area contributed by atoms with Crippen LogP contribution < -0.4 is 4.74 Å². The fourth-order valence-electron chi connectivity index (χ4n) is 1.77. The number of nitrogens with zero attached hydrogens (tertiary/aromatic N) is 4. The molecule has 19 heavy (non-hydrogen) atoms. The molecule has 0 radical (unpaired) electrons. The van der Waals surface area contributed by atoms with Gasteiger partial charge in [0.2, 0.25) is 0 Å².